The zero-order chi connectivity index (χ0) is 13.7. The van der Waals surface area contributed by atoms with Gasteiger partial charge in [0.2, 0.25) is 0 Å². The number of carbonyl (C=O) groups is 1. The summed E-state index contributed by atoms with van der Waals surface area (Å²) in [5, 5.41) is 0. The maximum absolute atomic E-state index is 11.2. The molecule has 2 aromatic carbocycles. The minimum absolute atomic E-state index is 0.124. The van der Waals surface area contributed by atoms with E-state index in [1.807, 2.05) is 36.0 Å². The first-order valence-electron chi connectivity index (χ1n) is 6.39. The Balaban J connectivity index is 1.89. The van der Waals surface area contributed by atoms with Crippen LogP contribution in [-0.2, 0) is 11.5 Å². The molecular formula is C17H18OS. The summed E-state index contributed by atoms with van der Waals surface area (Å²) in [5.41, 5.74) is 4.80. The van der Waals surface area contributed by atoms with E-state index >= 15 is 0 Å². The average Bonchev–Trinajstić information content (AvgIpc) is 2.41. The van der Waals surface area contributed by atoms with Crippen molar-refractivity contribution in [1.29, 1.82) is 0 Å². The highest BCUT2D eigenvalue weighted by Gasteiger charge is 2.01. The molecule has 1 nitrogen and oxygen atoms in total. The topological polar surface area (TPSA) is 17.1 Å². The number of benzene rings is 2. The molecule has 0 unspecified atom stereocenters. The van der Waals surface area contributed by atoms with Gasteiger partial charge in [0.1, 0.15) is 0 Å². The van der Waals surface area contributed by atoms with E-state index in [0.29, 0.717) is 0 Å². The number of ketones is 1. The molecule has 0 atom stereocenters. The molecule has 2 rings (SSSR count). The van der Waals surface area contributed by atoms with Crippen molar-refractivity contribution in [2.24, 2.45) is 0 Å². The fourth-order valence-corrected chi connectivity index (χ4v) is 2.96. The van der Waals surface area contributed by atoms with E-state index in [1.165, 1.54) is 16.7 Å². The van der Waals surface area contributed by atoms with E-state index in [9.17, 15) is 4.79 Å². The number of Topliss-reactive ketones (excluding diaryl/α,β-unsaturated/α-hetero) is 1. The van der Waals surface area contributed by atoms with E-state index < -0.39 is 0 Å². The van der Waals surface area contributed by atoms with E-state index in [2.05, 4.69) is 31.2 Å². The molecule has 0 saturated heterocycles. The van der Waals surface area contributed by atoms with Gasteiger partial charge in [0, 0.05) is 17.1 Å². The van der Waals surface area contributed by atoms with Crippen LogP contribution in [0.2, 0.25) is 0 Å². The standard InChI is InChI=1S/C17H18OS/c1-13-5-3-4-6-17(13)12-19-11-15-7-9-16(10-8-15)14(2)18/h3-10H,11-12H2,1-2H3. The first kappa shape index (κ1) is 13.9. The van der Waals surface area contributed by atoms with Gasteiger partial charge in [0.15, 0.2) is 5.78 Å². The Morgan fingerprint density at radius 2 is 1.68 bits per heavy atom. The molecule has 0 radical (unpaired) electrons. The molecule has 0 saturated carbocycles. The number of hydrogen-bond donors (Lipinski definition) is 0. The highest BCUT2D eigenvalue weighted by molar-refractivity contribution is 7.97. The molecule has 2 heteroatoms. The number of hydrogen-bond acceptors (Lipinski definition) is 2. The summed E-state index contributed by atoms with van der Waals surface area (Å²) in [6, 6.07) is 16.4. The Kier molecular flexibility index (Phi) is 4.80. The monoisotopic (exact) mass is 270 g/mol. The van der Waals surface area contributed by atoms with Crippen LogP contribution in [0.3, 0.4) is 0 Å². The smallest absolute Gasteiger partial charge is 0.159 e. The zero-order valence-electron chi connectivity index (χ0n) is 11.3. The van der Waals surface area contributed by atoms with Crippen molar-refractivity contribution < 1.29 is 4.79 Å². The fourth-order valence-electron chi connectivity index (χ4n) is 1.89. The van der Waals surface area contributed by atoms with Gasteiger partial charge in [-0.1, -0.05) is 48.5 Å². The van der Waals surface area contributed by atoms with Crippen molar-refractivity contribution in [3.63, 3.8) is 0 Å². The molecule has 0 heterocycles. The third-order valence-corrected chi connectivity index (χ3v) is 4.20. The van der Waals surface area contributed by atoms with Crippen LogP contribution in [0, 0.1) is 6.92 Å². The first-order chi connectivity index (χ1) is 9.16. The van der Waals surface area contributed by atoms with Crippen molar-refractivity contribution in [2.45, 2.75) is 25.4 Å². The Morgan fingerprint density at radius 3 is 2.32 bits per heavy atom. The molecular weight excluding hydrogens is 252 g/mol. The highest BCUT2D eigenvalue weighted by atomic mass is 32.2. The molecule has 0 bridgehead atoms. The predicted molar refractivity (Wildman–Crippen MR) is 82.6 cm³/mol. The van der Waals surface area contributed by atoms with Gasteiger partial charge in [-0.05, 0) is 30.5 Å². The lowest BCUT2D eigenvalue weighted by Crippen LogP contribution is -1.92. The van der Waals surface area contributed by atoms with E-state index in [1.54, 1.807) is 6.92 Å². The molecule has 2 aromatic rings. The Hall–Kier alpha value is -1.54. The second-order valence-electron chi connectivity index (χ2n) is 4.67. The van der Waals surface area contributed by atoms with Gasteiger partial charge in [-0.25, -0.2) is 0 Å². The van der Waals surface area contributed by atoms with Crippen LogP contribution in [0.1, 0.15) is 34.0 Å². The predicted octanol–water partition coefficient (Wildman–Crippen LogP) is 4.63. The maximum atomic E-state index is 11.2. The highest BCUT2D eigenvalue weighted by Crippen LogP contribution is 2.20. The Morgan fingerprint density at radius 1 is 1.00 bits per heavy atom. The minimum atomic E-state index is 0.124. The van der Waals surface area contributed by atoms with Gasteiger partial charge in [0.25, 0.3) is 0 Å². The Bertz CT molecular complexity index is 558. The van der Waals surface area contributed by atoms with Crippen molar-refractivity contribution >= 4 is 17.5 Å². The number of thioether (sulfide) groups is 1. The van der Waals surface area contributed by atoms with Gasteiger partial charge < -0.3 is 0 Å². The number of rotatable bonds is 5. The summed E-state index contributed by atoms with van der Waals surface area (Å²) < 4.78 is 0. The van der Waals surface area contributed by atoms with E-state index in [0.717, 1.165) is 17.1 Å². The molecule has 0 aliphatic heterocycles. The van der Waals surface area contributed by atoms with Gasteiger partial charge >= 0.3 is 0 Å². The molecule has 98 valence electrons. The quantitative estimate of drug-likeness (QED) is 0.737. The first-order valence-corrected chi connectivity index (χ1v) is 7.54. The molecule has 0 amide bonds. The summed E-state index contributed by atoms with van der Waals surface area (Å²) in [5.74, 6) is 2.13. The number of carbonyl (C=O) groups excluding carboxylic acids is 1. The largest absolute Gasteiger partial charge is 0.295 e. The second kappa shape index (κ2) is 6.58. The van der Waals surface area contributed by atoms with Gasteiger partial charge in [-0.3, -0.25) is 4.79 Å². The fraction of sp³-hybridized carbons (Fsp3) is 0.235. The number of aryl methyl sites for hydroxylation is 1. The average molecular weight is 270 g/mol. The van der Waals surface area contributed by atoms with Crippen LogP contribution in [0.5, 0.6) is 0 Å². The molecule has 0 aliphatic carbocycles. The zero-order valence-corrected chi connectivity index (χ0v) is 12.2. The maximum Gasteiger partial charge on any atom is 0.159 e. The molecule has 0 aromatic heterocycles. The summed E-state index contributed by atoms with van der Waals surface area (Å²) >= 11 is 1.90. The van der Waals surface area contributed by atoms with Crippen LogP contribution in [0.15, 0.2) is 48.5 Å². The SMILES string of the molecule is CC(=O)c1ccc(CSCc2ccccc2C)cc1. The summed E-state index contributed by atoms with van der Waals surface area (Å²) in [7, 11) is 0. The lowest BCUT2D eigenvalue weighted by molar-refractivity contribution is 0.101. The Labute approximate surface area is 119 Å². The molecule has 0 fully saturated rings. The summed E-state index contributed by atoms with van der Waals surface area (Å²) in [4.78, 5) is 11.2. The van der Waals surface area contributed by atoms with Crippen LogP contribution in [0.25, 0.3) is 0 Å². The molecule has 19 heavy (non-hydrogen) atoms. The lowest BCUT2D eigenvalue weighted by atomic mass is 10.1. The van der Waals surface area contributed by atoms with Crippen LogP contribution in [-0.4, -0.2) is 5.78 Å². The van der Waals surface area contributed by atoms with E-state index in [-0.39, 0.29) is 5.78 Å². The summed E-state index contributed by atoms with van der Waals surface area (Å²) in [6.07, 6.45) is 0. The van der Waals surface area contributed by atoms with Crippen molar-refractivity contribution in [2.75, 3.05) is 0 Å². The van der Waals surface area contributed by atoms with Gasteiger partial charge in [0.05, 0.1) is 0 Å². The summed E-state index contributed by atoms with van der Waals surface area (Å²) in [6.45, 7) is 3.75. The van der Waals surface area contributed by atoms with Crippen molar-refractivity contribution in [1.82, 2.24) is 0 Å². The second-order valence-corrected chi connectivity index (χ2v) is 5.66. The van der Waals surface area contributed by atoms with E-state index in [4.69, 9.17) is 0 Å². The molecule has 0 N–H and O–H groups in total. The van der Waals surface area contributed by atoms with Crippen LogP contribution in [0.4, 0.5) is 0 Å². The van der Waals surface area contributed by atoms with Crippen LogP contribution < -0.4 is 0 Å². The van der Waals surface area contributed by atoms with Crippen molar-refractivity contribution in [3.05, 3.63) is 70.8 Å². The normalized spacial score (nSPS) is 10.4. The van der Waals surface area contributed by atoms with Crippen molar-refractivity contribution in [3.8, 4) is 0 Å². The molecule has 0 aliphatic rings. The third-order valence-electron chi connectivity index (χ3n) is 3.15. The van der Waals surface area contributed by atoms with Gasteiger partial charge in [-0.2, -0.15) is 11.8 Å². The molecule has 0 spiro atoms. The lowest BCUT2D eigenvalue weighted by Gasteiger charge is -2.06. The van der Waals surface area contributed by atoms with Gasteiger partial charge in [-0.15, -0.1) is 0 Å². The minimum Gasteiger partial charge on any atom is -0.295 e. The van der Waals surface area contributed by atoms with Crippen LogP contribution >= 0.6 is 11.8 Å². The third kappa shape index (κ3) is 3.97.